The van der Waals surface area contributed by atoms with Crippen LogP contribution in [0.5, 0.6) is 0 Å². The lowest BCUT2D eigenvalue weighted by atomic mass is 10.4. The lowest BCUT2D eigenvalue weighted by Crippen LogP contribution is -2.33. The number of nitro groups is 1. The van der Waals surface area contributed by atoms with Crippen molar-refractivity contribution in [1.82, 2.24) is 9.88 Å². The third-order valence-corrected chi connectivity index (χ3v) is 1.94. The summed E-state index contributed by atoms with van der Waals surface area (Å²) in [5.74, 6) is -0.498. The molecule has 1 amide bonds. The Balaban J connectivity index is 2.85. The molecule has 0 aliphatic rings. The van der Waals surface area contributed by atoms with Gasteiger partial charge < -0.3 is 15.0 Å². The topological polar surface area (TPSA) is 114 Å². The molecule has 0 saturated carbocycles. The van der Waals surface area contributed by atoms with Crippen LogP contribution in [0.3, 0.4) is 0 Å². The van der Waals surface area contributed by atoms with Crippen molar-refractivity contribution in [3.63, 3.8) is 0 Å². The van der Waals surface area contributed by atoms with E-state index in [1.165, 1.54) is 12.3 Å². The Morgan fingerprint density at radius 2 is 2.29 bits per heavy atom. The highest BCUT2D eigenvalue weighted by Gasteiger charge is 2.14. The summed E-state index contributed by atoms with van der Waals surface area (Å²) in [6.45, 7) is -0.460. The minimum absolute atomic E-state index is 0.0719. The standard InChI is InChI=1S/C9H11N3O5/c13-5-3-10-8(14)6-11-4-1-2-7(9(11)15)12(16)17/h1-2,4,13H,3,5-6H2,(H,10,14). The number of rotatable bonds is 5. The molecule has 0 radical (unpaired) electrons. The van der Waals surface area contributed by atoms with Gasteiger partial charge in [-0.15, -0.1) is 0 Å². The van der Waals surface area contributed by atoms with E-state index >= 15 is 0 Å². The van der Waals surface area contributed by atoms with E-state index in [9.17, 15) is 19.7 Å². The fourth-order valence-corrected chi connectivity index (χ4v) is 1.19. The largest absolute Gasteiger partial charge is 0.395 e. The van der Waals surface area contributed by atoms with Crippen LogP contribution in [0, 0.1) is 10.1 Å². The van der Waals surface area contributed by atoms with Crippen molar-refractivity contribution >= 4 is 11.6 Å². The summed E-state index contributed by atoms with van der Waals surface area (Å²) in [4.78, 5) is 32.5. The van der Waals surface area contributed by atoms with E-state index in [4.69, 9.17) is 5.11 Å². The molecule has 2 N–H and O–H groups in total. The number of nitrogens with zero attached hydrogens (tertiary/aromatic N) is 2. The molecule has 92 valence electrons. The Hall–Kier alpha value is -2.22. The first-order valence-electron chi connectivity index (χ1n) is 4.77. The average molecular weight is 241 g/mol. The number of aromatic nitrogens is 1. The normalized spacial score (nSPS) is 9.94. The van der Waals surface area contributed by atoms with Crippen LogP contribution in [-0.2, 0) is 11.3 Å². The number of carbonyl (C=O) groups excluding carboxylic acids is 1. The molecule has 1 rings (SSSR count). The molecule has 0 atom stereocenters. The monoisotopic (exact) mass is 241 g/mol. The molecule has 0 spiro atoms. The van der Waals surface area contributed by atoms with Crippen LogP contribution in [-0.4, -0.2) is 33.7 Å². The molecule has 0 saturated heterocycles. The van der Waals surface area contributed by atoms with Gasteiger partial charge in [0.25, 0.3) is 0 Å². The van der Waals surface area contributed by atoms with Gasteiger partial charge in [-0.3, -0.25) is 19.7 Å². The number of pyridine rings is 1. The van der Waals surface area contributed by atoms with Gasteiger partial charge in [-0.05, 0) is 6.07 Å². The first-order chi connectivity index (χ1) is 8.06. The van der Waals surface area contributed by atoms with E-state index in [1.807, 2.05) is 0 Å². The molecule has 0 fully saturated rings. The third kappa shape index (κ3) is 3.38. The fourth-order valence-electron chi connectivity index (χ4n) is 1.19. The van der Waals surface area contributed by atoms with E-state index in [2.05, 4.69) is 5.32 Å². The fraction of sp³-hybridized carbons (Fsp3) is 0.333. The van der Waals surface area contributed by atoms with Crippen molar-refractivity contribution in [2.45, 2.75) is 6.54 Å². The predicted molar refractivity (Wildman–Crippen MR) is 57.5 cm³/mol. The minimum atomic E-state index is -0.836. The maximum Gasteiger partial charge on any atom is 0.334 e. The zero-order valence-corrected chi connectivity index (χ0v) is 8.83. The van der Waals surface area contributed by atoms with E-state index in [0.29, 0.717) is 0 Å². The van der Waals surface area contributed by atoms with Crippen molar-refractivity contribution in [2.75, 3.05) is 13.2 Å². The Kier molecular flexibility index (Phi) is 4.35. The van der Waals surface area contributed by atoms with Gasteiger partial charge in [0.15, 0.2) is 0 Å². The van der Waals surface area contributed by atoms with E-state index < -0.39 is 22.1 Å². The van der Waals surface area contributed by atoms with Crippen LogP contribution >= 0.6 is 0 Å². The van der Waals surface area contributed by atoms with Crippen molar-refractivity contribution in [3.05, 3.63) is 38.8 Å². The summed E-state index contributed by atoms with van der Waals surface area (Å²) in [5, 5.41) is 21.3. The van der Waals surface area contributed by atoms with Crippen molar-refractivity contribution in [2.24, 2.45) is 0 Å². The third-order valence-electron chi connectivity index (χ3n) is 1.94. The molecule has 1 heterocycles. The van der Waals surface area contributed by atoms with Crippen molar-refractivity contribution in [1.29, 1.82) is 0 Å². The van der Waals surface area contributed by atoms with Crippen molar-refractivity contribution < 1.29 is 14.8 Å². The number of aliphatic hydroxyl groups excluding tert-OH is 1. The molecule has 17 heavy (non-hydrogen) atoms. The Morgan fingerprint density at radius 1 is 1.59 bits per heavy atom. The molecule has 0 unspecified atom stereocenters. The maximum atomic E-state index is 11.5. The number of hydrogen-bond acceptors (Lipinski definition) is 5. The van der Waals surface area contributed by atoms with Crippen LogP contribution < -0.4 is 10.9 Å². The number of nitrogens with one attached hydrogen (secondary N) is 1. The zero-order valence-electron chi connectivity index (χ0n) is 8.83. The molecule has 0 bridgehead atoms. The highest BCUT2D eigenvalue weighted by molar-refractivity contribution is 5.75. The summed E-state index contributed by atoms with van der Waals surface area (Å²) in [6.07, 6.45) is 1.29. The second-order valence-electron chi connectivity index (χ2n) is 3.16. The van der Waals surface area contributed by atoms with Gasteiger partial charge in [0.1, 0.15) is 6.54 Å². The lowest BCUT2D eigenvalue weighted by Gasteiger charge is -2.05. The lowest BCUT2D eigenvalue weighted by molar-refractivity contribution is -0.386. The number of hydrogen-bond donors (Lipinski definition) is 2. The van der Waals surface area contributed by atoms with Crippen molar-refractivity contribution in [3.8, 4) is 0 Å². The second-order valence-corrected chi connectivity index (χ2v) is 3.16. The van der Waals surface area contributed by atoms with E-state index in [-0.39, 0.29) is 19.7 Å². The minimum Gasteiger partial charge on any atom is -0.395 e. The summed E-state index contributed by atoms with van der Waals surface area (Å²) in [7, 11) is 0. The molecule has 0 aliphatic heterocycles. The van der Waals surface area contributed by atoms with E-state index in [0.717, 1.165) is 10.6 Å². The zero-order chi connectivity index (χ0) is 12.8. The van der Waals surface area contributed by atoms with Gasteiger partial charge in [-0.2, -0.15) is 0 Å². The summed E-state index contributed by atoms with van der Waals surface area (Å²) >= 11 is 0. The maximum absolute atomic E-state index is 11.5. The molecule has 0 aliphatic carbocycles. The highest BCUT2D eigenvalue weighted by atomic mass is 16.6. The first kappa shape index (κ1) is 12.8. The van der Waals surface area contributed by atoms with Gasteiger partial charge >= 0.3 is 11.2 Å². The van der Waals surface area contributed by atoms with Gasteiger partial charge in [0.2, 0.25) is 5.91 Å². The quantitative estimate of drug-likeness (QED) is 0.499. The number of aliphatic hydroxyl groups is 1. The van der Waals surface area contributed by atoms with Crippen LogP contribution in [0.25, 0.3) is 0 Å². The number of carbonyl (C=O) groups is 1. The summed E-state index contributed by atoms with van der Waals surface area (Å²) in [6, 6.07) is 2.39. The van der Waals surface area contributed by atoms with Crippen LogP contribution in [0.4, 0.5) is 5.69 Å². The Bertz CT molecular complexity index is 482. The smallest absolute Gasteiger partial charge is 0.334 e. The highest BCUT2D eigenvalue weighted by Crippen LogP contribution is 2.01. The van der Waals surface area contributed by atoms with E-state index in [1.54, 1.807) is 0 Å². The Morgan fingerprint density at radius 3 is 2.88 bits per heavy atom. The second kappa shape index (κ2) is 5.75. The van der Waals surface area contributed by atoms with Gasteiger partial charge in [-0.1, -0.05) is 0 Å². The molecular formula is C9H11N3O5. The van der Waals surface area contributed by atoms with Gasteiger partial charge in [0.05, 0.1) is 11.5 Å². The first-order valence-corrected chi connectivity index (χ1v) is 4.77. The van der Waals surface area contributed by atoms with Gasteiger partial charge in [-0.25, -0.2) is 0 Å². The van der Waals surface area contributed by atoms with Gasteiger partial charge in [0, 0.05) is 18.8 Å². The summed E-state index contributed by atoms with van der Waals surface area (Å²) in [5.41, 5.74) is -1.42. The molecule has 8 heteroatoms. The molecule has 8 nitrogen and oxygen atoms in total. The average Bonchev–Trinajstić information content (AvgIpc) is 2.28. The SMILES string of the molecule is O=C(Cn1cccc([N+](=O)[O-])c1=O)NCCO. The molecule has 0 aromatic carbocycles. The molecule has 1 aromatic rings. The summed E-state index contributed by atoms with van der Waals surface area (Å²) < 4.78 is 0.935. The Labute approximate surface area is 95.6 Å². The molecule has 1 aromatic heterocycles. The molecular weight excluding hydrogens is 230 g/mol. The van der Waals surface area contributed by atoms with Crippen LogP contribution in [0.15, 0.2) is 23.1 Å². The van der Waals surface area contributed by atoms with Crippen LogP contribution in [0.2, 0.25) is 0 Å². The number of amides is 1. The predicted octanol–water partition coefficient (Wildman–Crippen LogP) is -1.14. The van der Waals surface area contributed by atoms with Crippen LogP contribution in [0.1, 0.15) is 0 Å².